The third-order valence-electron chi connectivity index (χ3n) is 3.17. The van der Waals surface area contributed by atoms with Crippen LogP contribution in [0, 0.1) is 0 Å². The molecule has 22 heavy (non-hydrogen) atoms. The first-order valence-electron chi connectivity index (χ1n) is 7.27. The van der Waals surface area contributed by atoms with Crippen LogP contribution in [0.4, 0.5) is 5.69 Å². The summed E-state index contributed by atoms with van der Waals surface area (Å²) in [4.78, 5) is 16.4. The maximum Gasteiger partial charge on any atom is 0.275 e. The Morgan fingerprint density at radius 1 is 1.27 bits per heavy atom. The Kier molecular flexibility index (Phi) is 8.09. The van der Waals surface area contributed by atoms with Crippen LogP contribution in [0.1, 0.15) is 40.8 Å². The molecule has 0 aliphatic heterocycles. The van der Waals surface area contributed by atoms with Gasteiger partial charge >= 0.3 is 0 Å². The fourth-order valence-electron chi connectivity index (χ4n) is 1.98. The third-order valence-corrected chi connectivity index (χ3v) is 4.08. The Labute approximate surface area is 141 Å². The number of aromatic nitrogens is 1. The molecule has 1 aromatic carbocycles. The van der Waals surface area contributed by atoms with E-state index in [-0.39, 0.29) is 18.3 Å². The van der Waals surface area contributed by atoms with Gasteiger partial charge < -0.3 is 11.1 Å². The highest BCUT2D eigenvalue weighted by molar-refractivity contribution is 7.09. The van der Waals surface area contributed by atoms with E-state index in [1.165, 1.54) is 29.7 Å². The Balaban J connectivity index is 0.00000242. The summed E-state index contributed by atoms with van der Waals surface area (Å²) in [6.07, 6.45) is 4.17. The number of unbranched alkanes of at least 4 members (excludes halogenated alkanes) is 1. The maximum atomic E-state index is 12.1. The molecular formula is C16H22ClN3OS. The number of anilines is 1. The lowest BCUT2D eigenvalue weighted by Gasteiger charge is -2.05. The Morgan fingerprint density at radius 3 is 2.64 bits per heavy atom. The molecule has 0 spiro atoms. The van der Waals surface area contributed by atoms with Gasteiger partial charge in [0.05, 0.1) is 5.01 Å². The number of thiazole rings is 1. The van der Waals surface area contributed by atoms with Gasteiger partial charge in [-0.3, -0.25) is 4.79 Å². The standard InChI is InChI=1S/C16H21N3OS.ClH/c1-2-3-4-12-5-7-13(8-6-12)18-16(20)14-11-21-15(19-14)9-10-17;/h5-8,11H,2-4,9-10,17H2,1H3,(H,18,20);1H. The predicted octanol–water partition coefficient (Wildman–Crippen LogP) is 3.66. The summed E-state index contributed by atoms with van der Waals surface area (Å²) in [7, 11) is 0. The van der Waals surface area contributed by atoms with E-state index in [0.717, 1.165) is 17.1 Å². The van der Waals surface area contributed by atoms with E-state index >= 15 is 0 Å². The van der Waals surface area contributed by atoms with E-state index in [1.807, 2.05) is 12.1 Å². The highest BCUT2D eigenvalue weighted by atomic mass is 35.5. The number of hydrogen-bond acceptors (Lipinski definition) is 4. The molecule has 2 rings (SSSR count). The molecular weight excluding hydrogens is 318 g/mol. The van der Waals surface area contributed by atoms with Gasteiger partial charge in [0.15, 0.2) is 0 Å². The van der Waals surface area contributed by atoms with Crippen LogP contribution < -0.4 is 11.1 Å². The second-order valence-corrected chi connectivity index (χ2v) is 5.86. The van der Waals surface area contributed by atoms with Gasteiger partial charge in [-0.05, 0) is 37.1 Å². The van der Waals surface area contributed by atoms with E-state index in [4.69, 9.17) is 5.73 Å². The number of benzene rings is 1. The minimum Gasteiger partial charge on any atom is -0.330 e. The Morgan fingerprint density at radius 2 is 2.00 bits per heavy atom. The van der Waals surface area contributed by atoms with Crippen LogP contribution >= 0.6 is 23.7 Å². The van der Waals surface area contributed by atoms with Crippen LogP contribution in [0.15, 0.2) is 29.6 Å². The zero-order chi connectivity index (χ0) is 15.1. The molecule has 6 heteroatoms. The van der Waals surface area contributed by atoms with Gasteiger partial charge in [0.1, 0.15) is 5.69 Å². The Hall–Kier alpha value is -1.43. The van der Waals surface area contributed by atoms with E-state index in [0.29, 0.717) is 18.7 Å². The maximum absolute atomic E-state index is 12.1. The zero-order valence-electron chi connectivity index (χ0n) is 12.7. The Bertz CT molecular complexity index is 583. The molecule has 0 radical (unpaired) electrons. The fourth-order valence-corrected chi connectivity index (χ4v) is 2.78. The molecule has 3 N–H and O–H groups in total. The third kappa shape index (κ3) is 5.40. The molecule has 1 heterocycles. The van der Waals surface area contributed by atoms with Crippen LogP contribution in [0.3, 0.4) is 0 Å². The summed E-state index contributed by atoms with van der Waals surface area (Å²) in [6.45, 7) is 2.73. The number of nitrogens with one attached hydrogen (secondary N) is 1. The summed E-state index contributed by atoms with van der Waals surface area (Å²) in [5.41, 5.74) is 8.04. The molecule has 1 aromatic heterocycles. The van der Waals surface area contributed by atoms with Crippen molar-refractivity contribution in [1.82, 2.24) is 4.98 Å². The van der Waals surface area contributed by atoms with E-state index < -0.39 is 0 Å². The molecule has 0 bridgehead atoms. The summed E-state index contributed by atoms with van der Waals surface area (Å²) >= 11 is 1.47. The highest BCUT2D eigenvalue weighted by Gasteiger charge is 2.10. The van der Waals surface area contributed by atoms with Gasteiger partial charge in [0, 0.05) is 17.5 Å². The summed E-state index contributed by atoms with van der Waals surface area (Å²) in [5.74, 6) is -0.171. The number of halogens is 1. The molecule has 0 fully saturated rings. The van der Waals surface area contributed by atoms with Crippen LogP contribution in [0.25, 0.3) is 0 Å². The molecule has 1 amide bonds. The number of aryl methyl sites for hydroxylation is 1. The smallest absolute Gasteiger partial charge is 0.275 e. The molecule has 120 valence electrons. The molecule has 0 saturated heterocycles. The predicted molar refractivity (Wildman–Crippen MR) is 95.1 cm³/mol. The number of amides is 1. The minimum absolute atomic E-state index is 0. The topological polar surface area (TPSA) is 68.0 Å². The van der Waals surface area contributed by atoms with E-state index in [9.17, 15) is 4.79 Å². The lowest BCUT2D eigenvalue weighted by Crippen LogP contribution is -2.12. The first kappa shape index (κ1) is 18.6. The molecule has 0 aliphatic rings. The van der Waals surface area contributed by atoms with Crippen molar-refractivity contribution in [3.63, 3.8) is 0 Å². The summed E-state index contributed by atoms with van der Waals surface area (Å²) in [6, 6.07) is 8.00. The van der Waals surface area contributed by atoms with Crippen molar-refractivity contribution in [1.29, 1.82) is 0 Å². The van der Waals surface area contributed by atoms with Gasteiger partial charge in [-0.25, -0.2) is 4.98 Å². The minimum atomic E-state index is -0.171. The lowest BCUT2D eigenvalue weighted by atomic mass is 10.1. The molecule has 0 aliphatic carbocycles. The second kappa shape index (κ2) is 9.56. The first-order valence-corrected chi connectivity index (χ1v) is 8.15. The molecule has 0 unspecified atom stereocenters. The quantitative estimate of drug-likeness (QED) is 0.808. The fraction of sp³-hybridized carbons (Fsp3) is 0.375. The lowest BCUT2D eigenvalue weighted by molar-refractivity contribution is 0.102. The average molecular weight is 340 g/mol. The summed E-state index contributed by atoms with van der Waals surface area (Å²) < 4.78 is 0. The highest BCUT2D eigenvalue weighted by Crippen LogP contribution is 2.15. The van der Waals surface area contributed by atoms with Gasteiger partial charge in [0.2, 0.25) is 0 Å². The van der Waals surface area contributed by atoms with Gasteiger partial charge in [-0.15, -0.1) is 23.7 Å². The van der Waals surface area contributed by atoms with Gasteiger partial charge in [-0.2, -0.15) is 0 Å². The first-order chi connectivity index (χ1) is 10.2. The van der Waals surface area contributed by atoms with E-state index in [2.05, 4.69) is 29.4 Å². The van der Waals surface area contributed by atoms with Crippen molar-refractivity contribution in [2.45, 2.75) is 32.6 Å². The number of carbonyl (C=O) groups is 1. The van der Waals surface area contributed by atoms with Crippen molar-refractivity contribution >= 4 is 35.3 Å². The van der Waals surface area contributed by atoms with Crippen molar-refractivity contribution in [2.24, 2.45) is 5.73 Å². The van der Waals surface area contributed by atoms with Crippen molar-refractivity contribution in [3.05, 3.63) is 45.9 Å². The van der Waals surface area contributed by atoms with Crippen LogP contribution in [0.2, 0.25) is 0 Å². The molecule has 2 aromatic rings. The number of rotatable bonds is 7. The summed E-state index contributed by atoms with van der Waals surface area (Å²) in [5, 5.41) is 5.55. The monoisotopic (exact) mass is 339 g/mol. The van der Waals surface area contributed by atoms with Crippen molar-refractivity contribution in [2.75, 3.05) is 11.9 Å². The number of carbonyl (C=O) groups excluding carboxylic acids is 1. The number of nitrogens with two attached hydrogens (primary N) is 1. The largest absolute Gasteiger partial charge is 0.330 e. The molecule has 4 nitrogen and oxygen atoms in total. The van der Waals surface area contributed by atoms with Gasteiger partial charge in [-0.1, -0.05) is 25.5 Å². The van der Waals surface area contributed by atoms with Gasteiger partial charge in [0.25, 0.3) is 5.91 Å². The van der Waals surface area contributed by atoms with Crippen LogP contribution in [0.5, 0.6) is 0 Å². The van der Waals surface area contributed by atoms with Crippen LogP contribution in [-0.2, 0) is 12.8 Å². The van der Waals surface area contributed by atoms with Crippen molar-refractivity contribution in [3.8, 4) is 0 Å². The van der Waals surface area contributed by atoms with E-state index in [1.54, 1.807) is 5.38 Å². The SMILES string of the molecule is CCCCc1ccc(NC(=O)c2csc(CCN)n2)cc1.Cl. The normalized spacial score (nSPS) is 10.1. The molecule has 0 atom stereocenters. The number of nitrogens with zero attached hydrogens (tertiary/aromatic N) is 1. The van der Waals surface area contributed by atoms with Crippen molar-refractivity contribution < 1.29 is 4.79 Å². The average Bonchev–Trinajstić information content (AvgIpc) is 2.96. The van der Waals surface area contributed by atoms with Crippen LogP contribution in [-0.4, -0.2) is 17.4 Å². The second-order valence-electron chi connectivity index (χ2n) is 4.92. The molecule has 0 saturated carbocycles. The zero-order valence-corrected chi connectivity index (χ0v) is 14.3. The number of hydrogen-bond donors (Lipinski definition) is 2.